The summed E-state index contributed by atoms with van der Waals surface area (Å²) < 4.78 is 12.5. The fourth-order valence-corrected chi connectivity index (χ4v) is 6.35. The second kappa shape index (κ2) is 11.5. The number of nitrogens with one attached hydrogen (secondary N) is 1. The number of hydrogen-bond donors (Lipinski definition) is 1. The highest BCUT2D eigenvalue weighted by Gasteiger charge is 2.37. The number of ether oxygens (including phenoxy) is 2. The van der Waals surface area contributed by atoms with Crippen molar-refractivity contribution in [1.29, 1.82) is 0 Å². The summed E-state index contributed by atoms with van der Waals surface area (Å²) in [6.07, 6.45) is 7.65. The molecule has 4 aromatic carbocycles. The van der Waals surface area contributed by atoms with Gasteiger partial charge in [0, 0.05) is 22.8 Å². The van der Waals surface area contributed by atoms with Crippen molar-refractivity contribution in [3.05, 3.63) is 128 Å². The molecule has 0 saturated heterocycles. The third-order valence-electron chi connectivity index (χ3n) is 7.68. The molecule has 0 bridgehead atoms. The zero-order valence-corrected chi connectivity index (χ0v) is 24.7. The Morgan fingerprint density at radius 3 is 2.60 bits per heavy atom. The standard InChI is InChI=1S/C34H30BrClN2O2/c1-21-6-15-31-29(16-21)27-4-3-5-28(27)33(38-31)24-9-13-26(14-10-24)37-19-23-17-30(35)34(32(18-23)39-2)40-20-22-7-11-25(36)12-8-22/h3-4,6-19,27-28,33,38H,5,20H2,1-2H3/t27-,28-,33-/m0/s1. The Kier molecular flexibility index (Phi) is 7.68. The molecule has 0 saturated carbocycles. The van der Waals surface area contributed by atoms with Gasteiger partial charge in [-0.25, -0.2) is 0 Å². The molecule has 2 aliphatic rings. The quantitative estimate of drug-likeness (QED) is 0.167. The highest BCUT2D eigenvalue weighted by molar-refractivity contribution is 9.10. The summed E-state index contributed by atoms with van der Waals surface area (Å²) in [6, 6.07) is 27.1. The number of hydrogen-bond acceptors (Lipinski definition) is 4. The van der Waals surface area contributed by atoms with Gasteiger partial charge in [-0.1, -0.05) is 65.7 Å². The first kappa shape index (κ1) is 26.7. The van der Waals surface area contributed by atoms with E-state index in [1.807, 2.05) is 42.6 Å². The van der Waals surface area contributed by atoms with Gasteiger partial charge in [0.15, 0.2) is 11.5 Å². The lowest BCUT2D eigenvalue weighted by molar-refractivity contribution is 0.282. The summed E-state index contributed by atoms with van der Waals surface area (Å²) in [5.41, 5.74) is 8.09. The maximum absolute atomic E-state index is 6.06. The van der Waals surface area contributed by atoms with Crippen LogP contribution < -0.4 is 14.8 Å². The van der Waals surface area contributed by atoms with Crippen LogP contribution >= 0.6 is 27.5 Å². The topological polar surface area (TPSA) is 42.8 Å². The van der Waals surface area contributed by atoms with Crippen molar-refractivity contribution in [3.63, 3.8) is 0 Å². The van der Waals surface area contributed by atoms with Crippen LogP contribution in [0.25, 0.3) is 0 Å². The van der Waals surface area contributed by atoms with E-state index in [4.69, 9.17) is 26.1 Å². The minimum absolute atomic E-state index is 0.272. The number of methoxy groups -OCH3 is 1. The van der Waals surface area contributed by atoms with E-state index in [0.29, 0.717) is 35.0 Å². The Labute approximate surface area is 248 Å². The summed E-state index contributed by atoms with van der Waals surface area (Å²) in [5.74, 6) is 2.27. The van der Waals surface area contributed by atoms with Crippen molar-refractivity contribution < 1.29 is 9.47 Å². The molecule has 1 N–H and O–H groups in total. The highest BCUT2D eigenvalue weighted by Crippen LogP contribution is 2.50. The monoisotopic (exact) mass is 612 g/mol. The van der Waals surface area contributed by atoms with Gasteiger partial charge in [0.1, 0.15) is 6.61 Å². The van der Waals surface area contributed by atoms with Crippen molar-refractivity contribution in [1.82, 2.24) is 0 Å². The molecule has 4 aromatic rings. The van der Waals surface area contributed by atoms with Crippen molar-refractivity contribution in [2.45, 2.75) is 31.9 Å². The molecule has 0 spiro atoms. The van der Waals surface area contributed by atoms with Gasteiger partial charge in [-0.3, -0.25) is 4.99 Å². The second-order valence-corrected chi connectivity index (χ2v) is 11.7. The fourth-order valence-electron chi connectivity index (χ4n) is 5.65. The van der Waals surface area contributed by atoms with Gasteiger partial charge in [0.2, 0.25) is 0 Å². The Hall–Kier alpha value is -3.54. The summed E-state index contributed by atoms with van der Waals surface area (Å²) in [6.45, 7) is 2.57. The van der Waals surface area contributed by atoms with Gasteiger partial charge in [0.05, 0.1) is 23.3 Å². The van der Waals surface area contributed by atoms with Crippen LogP contribution in [0.4, 0.5) is 11.4 Å². The van der Waals surface area contributed by atoms with Crippen molar-refractivity contribution in [2.24, 2.45) is 10.9 Å². The van der Waals surface area contributed by atoms with Crippen molar-refractivity contribution >= 4 is 45.1 Å². The Morgan fingerprint density at radius 1 is 1.02 bits per heavy atom. The Balaban J connectivity index is 1.16. The molecule has 0 radical (unpaired) electrons. The molecule has 0 unspecified atom stereocenters. The molecule has 202 valence electrons. The van der Waals surface area contributed by atoms with Crippen LogP contribution in [0.15, 0.2) is 100 Å². The van der Waals surface area contributed by atoms with Gasteiger partial charge in [-0.2, -0.15) is 0 Å². The number of aliphatic imine (C=N–C) groups is 1. The normalized spacial score (nSPS) is 19.2. The lowest BCUT2D eigenvalue weighted by Crippen LogP contribution is -2.29. The number of benzene rings is 4. The zero-order chi connectivity index (χ0) is 27.6. The van der Waals surface area contributed by atoms with Crippen molar-refractivity contribution in [2.75, 3.05) is 12.4 Å². The minimum Gasteiger partial charge on any atom is -0.493 e. The van der Waals surface area contributed by atoms with Crippen LogP contribution in [0, 0.1) is 12.8 Å². The van der Waals surface area contributed by atoms with Gasteiger partial charge in [-0.05, 0) is 99.9 Å². The number of fused-ring (bicyclic) bond motifs is 3. The molecule has 0 amide bonds. The number of aryl methyl sites for hydroxylation is 1. The van der Waals surface area contributed by atoms with Gasteiger partial charge >= 0.3 is 0 Å². The first-order valence-electron chi connectivity index (χ1n) is 13.4. The van der Waals surface area contributed by atoms with E-state index in [1.165, 1.54) is 22.4 Å². The van der Waals surface area contributed by atoms with E-state index in [0.717, 1.165) is 27.7 Å². The van der Waals surface area contributed by atoms with E-state index in [-0.39, 0.29) is 6.04 Å². The number of nitrogens with zero attached hydrogens (tertiary/aromatic N) is 1. The molecule has 6 heteroatoms. The van der Waals surface area contributed by atoms with E-state index in [1.54, 1.807) is 7.11 Å². The number of rotatable bonds is 7. The maximum atomic E-state index is 6.06. The number of anilines is 1. The lowest BCUT2D eigenvalue weighted by atomic mass is 9.76. The molecule has 0 fully saturated rings. The van der Waals surface area contributed by atoms with Gasteiger partial charge in [-0.15, -0.1) is 0 Å². The summed E-state index contributed by atoms with van der Waals surface area (Å²) >= 11 is 9.63. The third-order valence-corrected chi connectivity index (χ3v) is 8.52. The Bertz CT molecular complexity index is 1580. The van der Waals surface area contributed by atoms with Crippen LogP contribution in [-0.4, -0.2) is 13.3 Å². The molecule has 1 aliphatic carbocycles. The lowest BCUT2D eigenvalue weighted by Gasteiger charge is -2.37. The zero-order valence-electron chi connectivity index (χ0n) is 22.4. The highest BCUT2D eigenvalue weighted by atomic mass is 79.9. The van der Waals surface area contributed by atoms with E-state index in [2.05, 4.69) is 82.8 Å². The van der Waals surface area contributed by atoms with Crippen molar-refractivity contribution in [3.8, 4) is 11.5 Å². The first-order chi connectivity index (χ1) is 19.5. The van der Waals surface area contributed by atoms with Gasteiger partial charge in [0.25, 0.3) is 0 Å². The fraction of sp³-hybridized carbons (Fsp3) is 0.206. The number of allylic oxidation sites excluding steroid dienone is 2. The predicted molar refractivity (Wildman–Crippen MR) is 168 cm³/mol. The molecule has 3 atom stereocenters. The molecule has 6 rings (SSSR count). The van der Waals surface area contributed by atoms with E-state index >= 15 is 0 Å². The smallest absolute Gasteiger partial charge is 0.175 e. The van der Waals surface area contributed by atoms with E-state index < -0.39 is 0 Å². The summed E-state index contributed by atoms with van der Waals surface area (Å²) in [4.78, 5) is 4.74. The van der Waals surface area contributed by atoms with Crippen LogP contribution in [0.2, 0.25) is 5.02 Å². The predicted octanol–water partition coefficient (Wildman–Crippen LogP) is 9.58. The van der Waals surface area contributed by atoms with Gasteiger partial charge < -0.3 is 14.8 Å². The van der Waals surface area contributed by atoms with Crippen LogP contribution in [-0.2, 0) is 6.61 Å². The summed E-state index contributed by atoms with van der Waals surface area (Å²) in [5, 5.41) is 4.52. The molecule has 0 aromatic heterocycles. The molecular formula is C34H30BrClN2O2. The molecule has 40 heavy (non-hydrogen) atoms. The minimum atomic E-state index is 0.272. The maximum Gasteiger partial charge on any atom is 0.175 e. The summed E-state index contributed by atoms with van der Waals surface area (Å²) in [7, 11) is 1.64. The van der Waals surface area contributed by atoms with E-state index in [9.17, 15) is 0 Å². The SMILES string of the molecule is COc1cc(C=Nc2ccc([C@@H]3Nc4ccc(C)cc4[C@H]4C=CC[C@@H]43)cc2)cc(Br)c1OCc1ccc(Cl)cc1. The molecule has 1 aliphatic heterocycles. The van der Waals surface area contributed by atoms with Crippen LogP contribution in [0.5, 0.6) is 11.5 Å². The molecule has 4 nitrogen and oxygen atoms in total. The third kappa shape index (κ3) is 5.54. The second-order valence-electron chi connectivity index (χ2n) is 10.4. The Morgan fingerprint density at radius 2 is 1.82 bits per heavy atom. The number of halogens is 2. The average Bonchev–Trinajstić information content (AvgIpc) is 3.47. The molecular weight excluding hydrogens is 584 g/mol. The molecule has 1 heterocycles. The largest absolute Gasteiger partial charge is 0.493 e. The first-order valence-corrected chi connectivity index (χ1v) is 14.6. The van der Waals surface area contributed by atoms with Crippen LogP contribution in [0.3, 0.4) is 0 Å². The van der Waals surface area contributed by atoms with Crippen LogP contribution in [0.1, 0.15) is 46.2 Å². The average molecular weight is 614 g/mol.